The third kappa shape index (κ3) is 6.21. The van der Waals surface area contributed by atoms with E-state index in [4.69, 9.17) is 44.3 Å². The zero-order chi connectivity index (χ0) is 24.0. The van der Waals surface area contributed by atoms with Crippen molar-refractivity contribution < 1.29 is 14.3 Å². The van der Waals surface area contributed by atoms with Crippen LogP contribution in [0, 0.1) is 18.3 Å². The molecule has 0 bridgehead atoms. The van der Waals surface area contributed by atoms with Gasteiger partial charge in [0, 0.05) is 0 Å². The third-order valence-electron chi connectivity index (χ3n) is 4.70. The number of aryl methyl sites for hydroxylation is 1. The number of amides is 1. The fourth-order valence-electron chi connectivity index (χ4n) is 2.97. The summed E-state index contributed by atoms with van der Waals surface area (Å²) < 4.78 is 11.3. The number of benzene rings is 3. The van der Waals surface area contributed by atoms with Gasteiger partial charge in [-0.2, -0.15) is 5.26 Å². The van der Waals surface area contributed by atoms with Crippen molar-refractivity contribution >= 4 is 52.5 Å². The maximum Gasteiger partial charge on any atom is 0.266 e. The summed E-state index contributed by atoms with van der Waals surface area (Å²) in [6.07, 6.45) is 1.47. The molecule has 0 atom stereocenters. The minimum absolute atomic E-state index is 0.0825. The highest BCUT2D eigenvalue weighted by atomic mass is 35.5. The van der Waals surface area contributed by atoms with Crippen molar-refractivity contribution in [3.63, 3.8) is 0 Å². The van der Waals surface area contributed by atoms with Gasteiger partial charge in [0.25, 0.3) is 5.91 Å². The smallest absolute Gasteiger partial charge is 0.266 e. The number of carbonyl (C=O) groups excluding carboxylic acids is 1. The molecule has 1 amide bonds. The summed E-state index contributed by atoms with van der Waals surface area (Å²) in [5.41, 5.74) is 2.61. The fraction of sp³-hybridized carbons (Fsp3) is 0.120. The van der Waals surface area contributed by atoms with Gasteiger partial charge in [0.2, 0.25) is 0 Å². The number of nitrogens with zero attached hydrogens (tertiary/aromatic N) is 1. The molecule has 0 aliphatic rings. The van der Waals surface area contributed by atoms with Crippen LogP contribution in [-0.4, -0.2) is 13.0 Å². The first-order chi connectivity index (χ1) is 15.8. The molecule has 0 saturated heterocycles. The molecular weight excluding hydrogens is 483 g/mol. The van der Waals surface area contributed by atoms with Crippen molar-refractivity contribution in [2.24, 2.45) is 0 Å². The lowest BCUT2D eigenvalue weighted by Gasteiger charge is -2.12. The number of hydrogen-bond donors (Lipinski definition) is 1. The van der Waals surface area contributed by atoms with E-state index in [9.17, 15) is 10.1 Å². The van der Waals surface area contributed by atoms with Crippen LogP contribution in [0.3, 0.4) is 0 Å². The van der Waals surface area contributed by atoms with Gasteiger partial charge in [-0.25, -0.2) is 0 Å². The average molecular weight is 502 g/mol. The Morgan fingerprint density at radius 3 is 2.48 bits per heavy atom. The number of carbonyl (C=O) groups is 1. The topological polar surface area (TPSA) is 71.3 Å². The van der Waals surface area contributed by atoms with Crippen molar-refractivity contribution in [3.05, 3.63) is 91.9 Å². The molecule has 0 fully saturated rings. The number of methoxy groups -OCH3 is 1. The molecule has 0 aromatic heterocycles. The minimum Gasteiger partial charge on any atom is -0.493 e. The van der Waals surface area contributed by atoms with E-state index >= 15 is 0 Å². The highest BCUT2D eigenvalue weighted by molar-refractivity contribution is 6.42. The molecule has 3 aromatic rings. The van der Waals surface area contributed by atoms with E-state index < -0.39 is 5.91 Å². The second-order valence-corrected chi connectivity index (χ2v) is 8.22. The van der Waals surface area contributed by atoms with Crippen LogP contribution in [0.1, 0.15) is 16.7 Å². The maximum absolute atomic E-state index is 12.6. The van der Waals surface area contributed by atoms with Crippen molar-refractivity contribution in [2.45, 2.75) is 13.5 Å². The minimum atomic E-state index is -0.562. The molecule has 3 aromatic carbocycles. The van der Waals surface area contributed by atoms with Crippen LogP contribution in [0.5, 0.6) is 11.5 Å². The van der Waals surface area contributed by atoms with Crippen LogP contribution in [0.4, 0.5) is 5.69 Å². The number of anilines is 1. The third-order valence-corrected chi connectivity index (χ3v) is 5.76. The molecule has 168 valence electrons. The van der Waals surface area contributed by atoms with Gasteiger partial charge in [-0.05, 0) is 60.0 Å². The van der Waals surface area contributed by atoms with Crippen molar-refractivity contribution in [3.8, 4) is 17.6 Å². The second kappa shape index (κ2) is 11.1. The Morgan fingerprint density at radius 1 is 1.03 bits per heavy atom. The summed E-state index contributed by atoms with van der Waals surface area (Å²) in [6.45, 7) is 2.07. The monoisotopic (exact) mass is 500 g/mol. The predicted octanol–water partition coefficient (Wildman–Crippen LogP) is 7.09. The van der Waals surface area contributed by atoms with E-state index in [1.807, 2.05) is 25.1 Å². The lowest BCUT2D eigenvalue weighted by Crippen LogP contribution is -2.14. The molecule has 3 rings (SSSR count). The standard InChI is InChI=1S/C25H19Cl3N2O3/c1-15-4-3-5-20(27)24(15)30-25(31)18(13-29)10-16-7-9-22(23(12-16)32-2)33-14-17-6-8-19(26)21(28)11-17/h3-12H,14H2,1-2H3,(H,30,31)/b18-10+. The summed E-state index contributed by atoms with van der Waals surface area (Å²) in [5.74, 6) is 0.381. The zero-order valence-corrected chi connectivity index (χ0v) is 20.1. The Kier molecular flexibility index (Phi) is 8.24. The van der Waals surface area contributed by atoms with Crippen molar-refractivity contribution in [2.75, 3.05) is 12.4 Å². The molecule has 0 unspecified atom stereocenters. The van der Waals surface area contributed by atoms with Gasteiger partial charge in [0.1, 0.15) is 18.2 Å². The second-order valence-electron chi connectivity index (χ2n) is 7.00. The molecule has 5 nitrogen and oxygen atoms in total. The molecule has 33 heavy (non-hydrogen) atoms. The molecule has 1 N–H and O–H groups in total. The number of nitriles is 1. The summed E-state index contributed by atoms with van der Waals surface area (Å²) in [4.78, 5) is 12.6. The Hall–Kier alpha value is -3.17. The lowest BCUT2D eigenvalue weighted by molar-refractivity contribution is -0.112. The van der Waals surface area contributed by atoms with Gasteiger partial charge in [-0.1, -0.05) is 59.1 Å². The summed E-state index contributed by atoms with van der Waals surface area (Å²) in [5, 5.41) is 13.5. The Bertz CT molecular complexity index is 1250. The molecule has 0 heterocycles. The number of para-hydroxylation sites is 1. The van der Waals surface area contributed by atoms with Crippen LogP contribution in [0.25, 0.3) is 6.08 Å². The van der Waals surface area contributed by atoms with Gasteiger partial charge < -0.3 is 14.8 Å². The van der Waals surface area contributed by atoms with Crippen LogP contribution in [0.15, 0.2) is 60.2 Å². The van der Waals surface area contributed by atoms with Crippen molar-refractivity contribution in [1.29, 1.82) is 5.26 Å². The molecule has 0 aliphatic carbocycles. The largest absolute Gasteiger partial charge is 0.493 e. The first-order valence-corrected chi connectivity index (χ1v) is 10.9. The van der Waals surface area contributed by atoms with Crippen LogP contribution >= 0.6 is 34.8 Å². The zero-order valence-electron chi connectivity index (χ0n) is 17.8. The van der Waals surface area contributed by atoms with E-state index in [0.29, 0.717) is 37.8 Å². The van der Waals surface area contributed by atoms with Gasteiger partial charge in [-0.15, -0.1) is 0 Å². The average Bonchev–Trinajstić information content (AvgIpc) is 2.80. The fourth-order valence-corrected chi connectivity index (χ4v) is 3.56. The Balaban J connectivity index is 1.78. The van der Waals surface area contributed by atoms with E-state index in [1.165, 1.54) is 13.2 Å². The van der Waals surface area contributed by atoms with E-state index in [0.717, 1.165) is 11.1 Å². The maximum atomic E-state index is 12.6. The van der Waals surface area contributed by atoms with Crippen LogP contribution in [0.2, 0.25) is 15.1 Å². The number of halogens is 3. The van der Waals surface area contributed by atoms with E-state index in [-0.39, 0.29) is 12.2 Å². The molecule has 0 saturated carbocycles. The Morgan fingerprint density at radius 2 is 1.82 bits per heavy atom. The first-order valence-electron chi connectivity index (χ1n) is 9.75. The Labute approximate surface area is 207 Å². The van der Waals surface area contributed by atoms with Gasteiger partial charge in [0.05, 0.1) is 27.9 Å². The van der Waals surface area contributed by atoms with Crippen LogP contribution in [-0.2, 0) is 11.4 Å². The van der Waals surface area contributed by atoms with Gasteiger partial charge in [-0.3, -0.25) is 4.79 Å². The number of rotatable bonds is 7. The van der Waals surface area contributed by atoms with Gasteiger partial charge >= 0.3 is 0 Å². The highest BCUT2D eigenvalue weighted by Gasteiger charge is 2.14. The molecule has 0 radical (unpaired) electrons. The van der Waals surface area contributed by atoms with Crippen LogP contribution < -0.4 is 14.8 Å². The predicted molar refractivity (Wildman–Crippen MR) is 132 cm³/mol. The summed E-state index contributed by atoms with van der Waals surface area (Å²) in [7, 11) is 1.51. The normalized spacial score (nSPS) is 11.0. The first kappa shape index (κ1) is 24.5. The lowest BCUT2D eigenvalue weighted by atomic mass is 10.1. The summed E-state index contributed by atoms with van der Waals surface area (Å²) in [6, 6.07) is 17.5. The molecule has 0 aliphatic heterocycles. The molecular formula is C25H19Cl3N2O3. The summed E-state index contributed by atoms with van der Waals surface area (Å²) >= 11 is 18.2. The number of hydrogen-bond acceptors (Lipinski definition) is 4. The molecule has 0 spiro atoms. The molecule has 8 heteroatoms. The SMILES string of the molecule is COc1cc(/C=C(\C#N)C(=O)Nc2c(C)cccc2Cl)ccc1OCc1ccc(Cl)c(Cl)c1. The number of nitrogens with one attached hydrogen (secondary N) is 1. The quantitative estimate of drug-likeness (QED) is 0.277. The van der Waals surface area contributed by atoms with E-state index in [1.54, 1.807) is 42.5 Å². The number of ether oxygens (including phenoxy) is 2. The van der Waals surface area contributed by atoms with E-state index in [2.05, 4.69) is 5.32 Å². The van der Waals surface area contributed by atoms with Crippen molar-refractivity contribution in [1.82, 2.24) is 0 Å². The van der Waals surface area contributed by atoms with Gasteiger partial charge in [0.15, 0.2) is 11.5 Å². The highest BCUT2D eigenvalue weighted by Crippen LogP contribution is 2.31.